The fourth-order valence-electron chi connectivity index (χ4n) is 4.39. The number of nitrogens with zero attached hydrogens (tertiary/aromatic N) is 2. The summed E-state index contributed by atoms with van der Waals surface area (Å²) >= 11 is 13.4. The van der Waals surface area contributed by atoms with E-state index in [0.29, 0.717) is 37.5 Å². The summed E-state index contributed by atoms with van der Waals surface area (Å²) in [7, 11) is 0. The van der Waals surface area contributed by atoms with Crippen LogP contribution in [0.25, 0.3) is 32.5 Å². The maximum Gasteiger partial charge on any atom is 0.334 e. The Morgan fingerprint density at radius 1 is 0.750 bits per heavy atom. The number of benzene rings is 3. The van der Waals surface area contributed by atoms with E-state index in [1.165, 1.54) is 39.5 Å². The average Bonchev–Trinajstić information content (AvgIpc) is 3.38. The van der Waals surface area contributed by atoms with Gasteiger partial charge in [0.1, 0.15) is 5.00 Å². The second-order valence-corrected chi connectivity index (χ2v) is 10.5. The van der Waals surface area contributed by atoms with Gasteiger partial charge in [-0.1, -0.05) is 29.3 Å². The van der Waals surface area contributed by atoms with Gasteiger partial charge in [0.15, 0.2) is 0 Å². The van der Waals surface area contributed by atoms with Crippen LogP contribution in [-0.2, 0) is 0 Å². The van der Waals surface area contributed by atoms with E-state index in [4.69, 9.17) is 23.2 Å². The van der Waals surface area contributed by atoms with E-state index in [1.54, 1.807) is 41.8 Å². The Kier molecular flexibility index (Phi) is 6.26. The lowest BCUT2D eigenvalue weighted by atomic mass is 10.2. The van der Waals surface area contributed by atoms with E-state index < -0.39 is 28.4 Å². The molecule has 198 valence electrons. The minimum atomic E-state index is -0.667. The first-order chi connectivity index (χ1) is 19.2. The number of carbonyl (C=O) groups is 1. The van der Waals surface area contributed by atoms with Crippen molar-refractivity contribution in [3.05, 3.63) is 129 Å². The molecule has 10 nitrogen and oxygen atoms in total. The Balaban J connectivity index is 1.36. The molecule has 3 heterocycles. The number of amides is 1. The monoisotopic (exact) mass is 591 g/mol. The van der Waals surface area contributed by atoms with Crippen LogP contribution in [0.3, 0.4) is 0 Å². The molecule has 0 radical (unpaired) electrons. The molecule has 6 aromatic rings. The average molecular weight is 592 g/mol. The van der Waals surface area contributed by atoms with Crippen LogP contribution in [0, 0.1) is 0 Å². The number of hydrogen-bond donors (Lipinski definition) is 3. The van der Waals surface area contributed by atoms with Crippen molar-refractivity contribution in [3.8, 4) is 10.7 Å². The molecule has 1 amide bonds. The van der Waals surface area contributed by atoms with Gasteiger partial charge in [-0.05, 0) is 60.7 Å². The van der Waals surface area contributed by atoms with E-state index in [1.807, 2.05) is 0 Å². The third kappa shape index (κ3) is 4.45. The van der Waals surface area contributed by atoms with Gasteiger partial charge in [-0.2, -0.15) is 0 Å². The lowest BCUT2D eigenvalue weighted by molar-refractivity contribution is 0.102. The van der Waals surface area contributed by atoms with Crippen LogP contribution in [0.5, 0.6) is 0 Å². The summed E-state index contributed by atoms with van der Waals surface area (Å²) in [6.07, 6.45) is 0. The molecule has 40 heavy (non-hydrogen) atoms. The Morgan fingerprint density at radius 2 is 1.35 bits per heavy atom. The second-order valence-electron chi connectivity index (χ2n) is 8.69. The van der Waals surface area contributed by atoms with Gasteiger partial charge in [0.05, 0.1) is 33.1 Å². The van der Waals surface area contributed by atoms with Crippen LogP contribution in [-0.4, -0.2) is 25.0 Å². The topological polar surface area (TPSA) is 139 Å². The molecule has 6 rings (SSSR count). The molecule has 0 spiro atoms. The summed E-state index contributed by atoms with van der Waals surface area (Å²) in [6, 6.07) is 17.2. The smallest absolute Gasteiger partial charge is 0.322 e. The first-order valence-electron chi connectivity index (χ1n) is 11.6. The molecule has 3 aromatic carbocycles. The molecule has 0 aliphatic heterocycles. The zero-order chi connectivity index (χ0) is 28.1. The van der Waals surface area contributed by atoms with Gasteiger partial charge in [0.2, 0.25) is 0 Å². The summed E-state index contributed by atoms with van der Waals surface area (Å²) in [5, 5.41) is 5.99. The number of hydrogen-bond acceptors (Lipinski definition) is 6. The molecule has 0 aliphatic carbocycles. The van der Waals surface area contributed by atoms with Crippen LogP contribution in [0.4, 0.5) is 5.69 Å². The minimum Gasteiger partial charge on any atom is -0.322 e. The minimum absolute atomic E-state index is 0.261. The zero-order valence-corrected chi connectivity index (χ0v) is 22.4. The Labute approximate surface area is 236 Å². The van der Waals surface area contributed by atoms with Gasteiger partial charge in [-0.15, -0.1) is 11.3 Å². The maximum absolute atomic E-state index is 13.1. The summed E-state index contributed by atoms with van der Waals surface area (Å²) < 4.78 is 2.57. The van der Waals surface area contributed by atoms with Crippen molar-refractivity contribution in [2.24, 2.45) is 0 Å². The number of nitrogens with one attached hydrogen (secondary N) is 3. The molecular formula is C27H15Cl2N5O5S. The third-order valence-electron chi connectivity index (χ3n) is 6.17. The molecule has 0 atom stereocenters. The van der Waals surface area contributed by atoms with E-state index in [-0.39, 0.29) is 16.3 Å². The largest absolute Gasteiger partial charge is 0.334 e. The van der Waals surface area contributed by atoms with Crippen LogP contribution in [0.2, 0.25) is 10.0 Å². The van der Waals surface area contributed by atoms with Gasteiger partial charge in [-0.3, -0.25) is 33.5 Å². The standard InChI is InChI=1S/C27H15Cl2N5O5S/c28-14-4-6-18-20(9-14)33(26(38)31-24(18)36)17-3-1-2-16(11-17)30-23(35)13-8-22(40-12-13)34-21-10-15(29)5-7-19(21)25(37)32-27(34)39/h1-12H,(H,30,35)(H,31,36,38)(H,32,37,39). The van der Waals surface area contributed by atoms with E-state index >= 15 is 0 Å². The normalized spacial score (nSPS) is 11.2. The number of aromatic nitrogens is 4. The Morgan fingerprint density at radius 3 is 2.00 bits per heavy atom. The highest BCUT2D eigenvalue weighted by Gasteiger charge is 2.16. The van der Waals surface area contributed by atoms with Crippen LogP contribution < -0.4 is 27.8 Å². The van der Waals surface area contributed by atoms with Gasteiger partial charge < -0.3 is 5.32 Å². The second kappa shape index (κ2) is 9.79. The predicted octanol–water partition coefficient (Wildman–Crippen LogP) is 4.29. The molecule has 0 fully saturated rings. The van der Waals surface area contributed by atoms with E-state index in [0.717, 1.165) is 11.3 Å². The first-order valence-corrected chi connectivity index (χ1v) is 13.2. The molecule has 0 bridgehead atoms. The number of aromatic amines is 2. The Hall–Kier alpha value is -4.71. The molecule has 0 unspecified atom stereocenters. The number of halogens is 2. The van der Waals surface area contributed by atoms with Gasteiger partial charge >= 0.3 is 11.4 Å². The summed E-state index contributed by atoms with van der Waals surface area (Å²) in [5.74, 6) is -0.471. The predicted molar refractivity (Wildman–Crippen MR) is 156 cm³/mol. The van der Waals surface area contributed by atoms with Crippen molar-refractivity contribution in [1.82, 2.24) is 19.1 Å². The summed E-state index contributed by atoms with van der Waals surface area (Å²) in [5.41, 5.74) is -0.766. The van der Waals surface area contributed by atoms with Crippen molar-refractivity contribution in [2.45, 2.75) is 0 Å². The highest BCUT2D eigenvalue weighted by Crippen LogP contribution is 2.25. The highest BCUT2D eigenvalue weighted by molar-refractivity contribution is 7.12. The van der Waals surface area contributed by atoms with Crippen molar-refractivity contribution >= 4 is 67.9 Å². The van der Waals surface area contributed by atoms with Crippen LogP contribution in [0.1, 0.15) is 10.4 Å². The number of anilines is 1. The number of fused-ring (bicyclic) bond motifs is 2. The molecule has 3 N–H and O–H groups in total. The van der Waals surface area contributed by atoms with Gasteiger partial charge in [0, 0.05) is 21.1 Å². The lowest BCUT2D eigenvalue weighted by Crippen LogP contribution is -2.29. The van der Waals surface area contributed by atoms with E-state index in [9.17, 15) is 24.0 Å². The third-order valence-corrected chi connectivity index (χ3v) is 7.55. The molecule has 13 heteroatoms. The molecule has 3 aromatic heterocycles. The van der Waals surface area contributed by atoms with Crippen molar-refractivity contribution in [2.75, 3.05) is 5.32 Å². The van der Waals surface area contributed by atoms with Crippen molar-refractivity contribution in [3.63, 3.8) is 0 Å². The van der Waals surface area contributed by atoms with Gasteiger partial charge in [0.25, 0.3) is 17.0 Å². The van der Waals surface area contributed by atoms with E-state index in [2.05, 4.69) is 15.3 Å². The Bertz CT molecular complexity index is 2250. The fraction of sp³-hybridized carbons (Fsp3) is 0. The number of thiophene rings is 1. The summed E-state index contributed by atoms with van der Waals surface area (Å²) in [4.78, 5) is 67.7. The molecular weight excluding hydrogens is 577 g/mol. The number of rotatable bonds is 4. The van der Waals surface area contributed by atoms with Crippen molar-refractivity contribution < 1.29 is 4.79 Å². The van der Waals surface area contributed by atoms with Gasteiger partial charge in [-0.25, -0.2) is 9.59 Å². The summed E-state index contributed by atoms with van der Waals surface area (Å²) in [6.45, 7) is 0. The van der Waals surface area contributed by atoms with Crippen LogP contribution in [0.15, 0.2) is 91.3 Å². The fourth-order valence-corrected chi connectivity index (χ4v) is 5.62. The van der Waals surface area contributed by atoms with Crippen LogP contribution >= 0.6 is 34.5 Å². The molecule has 0 saturated carbocycles. The first kappa shape index (κ1) is 25.6. The van der Waals surface area contributed by atoms with Crippen molar-refractivity contribution in [1.29, 1.82) is 0 Å². The molecule has 0 aliphatic rings. The SMILES string of the molecule is O=C(Nc1cccc(-n2c(=O)[nH]c(=O)c3ccc(Cl)cc32)c1)c1csc(-n2c(=O)[nH]c(=O)c3ccc(Cl)cc32)c1. The quantitative estimate of drug-likeness (QED) is 0.280. The number of H-pyrrole nitrogens is 2. The zero-order valence-electron chi connectivity index (χ0n) is 20.0. The molecule has 0 saturated heterocycles. The maximum atomic E-state index is 13.1. The lowest BCUT2D eigenvalue weighted by Gasteiger charge is -2.12. The highest BCUT2D eigenvalue weighted by atomic mass is 35.5. The number of carbonyl (C=O) groups excluding carboxylic acids is 1.